The van der Waals surface area contributed by atoms with E-state index in [0.29, 0.717) is 0 Å². The van der Waals surface area contributed by atoms with E-state index >= 15 is 0 Å². The minimum absolute atomic E-state index is 0.0526. The Kier molecular flexibility index (Phi) is 5.07. The van der Waals surface area contributed by atoms with Gasteiger partial charge in [0.25, 0.3) is 0 Å². The Morgan fingerprint density at radius 1 is 1.08 bits per heavy atom. The largest absolute Gasteiger partial charge is 0.357 e. The molecular weight excluding hydrogens is 300 g/mol. The summed E-state index contributed by atoms with van der Waals surface area (Å²) in [6.45, 7) is 11.2. The molecule has 24 heavy (non-hydrogen) atoms. The van der Waals surface area contributed by atoms with Crippen molar-refractivity contribution in [2.75, 3.05) is 37.6 Å². The monoisotopic (exact) mass is 328 g/mol. The Hall–Kier alpha value is -1.64. The Morgan fingerprint density at radius 2 is 1.79 bits per heavy atom. The van der Waals surface area contributed by atoms with Crippen LogP contribution in [-0.2, 0) is 4.74 Å². The van der Waals surface area contributed by atoms with E-state index in [-0.39, 0.29) is 11.2 Å². The minimum Gasteiger partial charge on any atom is -0.357 e. The summed E-state index contributed by atoms with van der Waals surface area (Å²) < 4.78 is 6.21. The van der Waals surface area contributed by atoms with Crippen LogP contribution in [0, 0.1) is 11.8 Å². The number of hydrogen-bond acceptors (Lipinski definition) is 5. The molecule has 0 saturated carbocycles. The first kappa shape index (κ1) is 17.2. The van der Waals surface area contributed by atoms with Gasteiger partial charge in [-0.1, -0.05) is 11.8 Å². The lowest BCUT2D eigenvalue weighted by Gasteiger charge is -2.40. The highest BCUT2D eigenvalue weighted by molar-refractivity contribution is 5.29. The van der Waals surface area contributed by atoms with E-state index in [1.165, 1.54) is 6.42 Å². The van der Waals surface area contributed by atoms with Crippen LogP contribution in [0.25, 0.3) is 0 Å². The number of rotatable bonds is 2. The predicted molar refractivity (Wildman–Crippen MR) is 95.9 cm³/mol. The molecule has 130 valence electrons. The van der Waals surface area contributed by atoms with Gasteiger partial charge >= 0.3 is 0 Å². The molecular formula is C19H28N4O. The van der Waals surface area contributed by atoms with Crippen LogP contribution in [0.15, 0.2) is 18.5 Å². The van der Waals surface area contributed by atoms with Crippen LogP contribution < -0.4 is 4.90 Å². The molecule has 1 aromatic rings. The molecule has 0 amide bonds. The summed E-state index contributed by atoms with van der Waals surface area (Å²) in [6.07, 6.45) is 6.93. The van der Waals surface area contributed by atoms with E-state index in [1.54, 1.807) is 12.4 Å². The first-order valence-corrected chi connectivity index (χ1v) is 8.90. The highest BCUT2D eigenvalue weighted by Gasteiger charge is 2.35. The van der Waals surface area contributed by atoms with Gasteiger partial charge in [0.15, 0.2) is 0 Å². The fourth-order valence-corrected chi connectivity index (χ4v) is 3.55. The number of hydrogen-bond donors (Lipinski definition) is 0. The first-order valence-electron chi connectivity index (χ1n) is 8.90. The van der Waals surface area contributed by atoms with Crippen molar-refractivity contribution < 1.29 is 4.74 Å². The third kappa shape index (κ3) is 4.46. The Bertz CT molecular complexity index is 599. The second-order valence-electron chi connectivity index (χ2n) is 7.56. The lowest BCUT2D eigenvalue weighted by molar-refractivity contribution is -0.135. The molecule has 5 nitrogen and oxygen atoms in total. The SMILES string of the molecule is CC1(C)CCC[C@@](C)(C#CCN2CCN(c3ncccn3)CC2)O1. The van der Waals surface area contributed by atoms with Crippen LogP contribution >= 0.6 is 0 Å². The molecule has 2 fully saturated rings. The van der Waals surface area contributed by atoms with Crippen LogP contribution in [0.5, 0.6) is 0 Å². The maximum absolute atomic E-state index is 6.21. The van der Waals surface area contributed by atoms with Crippen LogP contribution in [0.3, 0.4) is 0 Å². The van der Waals surface area contributed by atoms with Crippen LogP contribution in [0.1, 0.15) is 40.0 Å². The summed E-state index contributed by atoms with van der Waals surface area (Å²) in [5, 5.41) is 0. The fourth-order valence-electron chi connectivity index (χ4n) is 3.55. The number of nitrogens with zero attached hydrogens (tertiary/aromatic N) is 4. The topological polar surface area (TPSA) is 41.5 Å². The molecule has 2 saturated heterocycles. The van der Waals surface area contributed by atoms with E-state index in [4.69, 9.17) is 4.74 Å². The summed E-state index contributed by atoms with van der Waals surface area (Å²) >= 11 is 0. The molecule has 0 unspecified atom stereocenters. The molecule has 0 aromatic carbocycles. The van der Waals surface area contributed by atoms with E-state index < -0.39 is 0 Å². The number of anilines is 1. The van der Waals surface area contributed by atoms with Gasteiger partial charge in [-0.15, -0.1) is 0 Å². The van der Waals surface area contributed by atoms with Gasteiger partial charge in [-0.25, -0.2) is 9.97 Å². The van der Waals surface area contributed by atoms with Crippen molar-refractivity contribution in [3.05, 3.63) is 18.5 Å². The van der Waals surface area contributed by atoms with Gasteiger partial charge in [0.1, 0.15) is 5.60 Å². The van der Waals surface area contributed by atoms with Gasteiger partial charge < -0.3 is 9.64 Å². The predicted octanol–water partition coefficient (Wildman–Crippen LogP) is 2.34. The summed E-state index contributed by atoms with van der Waals surface area (Å²) in [5.74, 6) is 7.58. The van der Waals surface area contributed by atoms with Gasteiger partial charge in [-0.05, 0) is 46.1 Å². The molecule has 1 aromatic heterocycles. The minimum atomic E-state index is -0.290. The Balaban J connectivity index is 1.49. The summed E-state index contributed by atoms with van der Waals surface area (Å²) in [7, 11) is 0. The maximum atomic E-state index is 6.21. The summed E-state index contributed by atoms with van der Waals surface area (Å²) in [4.78, 5) is 13.3. The normalized spacial score (nSPS) is 27.4. The Morgan fingerprint density at radius 3 is 2.46 bits per heavy atom. The van der Waals surface area contributed by atoms with Crippen LogP contribution in [0.4, 0.5) is 5.95 Å². The summed E-state index contributed by atoms with van der Waals surface area (Å²) in [6, 6.07) is 1.85. The van der Waals surface area contributed by atoms with Crippen molar-refractivity contribution in [3.8, 4) is 11.8 Å². The quantitative estimate of drug-likeness (QED) is 0.780. The van der Waals surface area contributed by atoms with Gasteiger partial charge in [0.05, 0.1) is 12.1 Å². The average molecular weight is 328 g/mol. The molecule has 0 radical (unpaired) electrons. The van der Waals surface area contributed by atoms with Crippen molar-refractivity contribution >= 4 is 5.95 Å². The van der Waals surface area contributed by atoms with Crippen LogP contribution in [-0.4, -0.2) is 58.8 Å². The third-order valence-electron chi connectivity index (χ3n) is 4.80. The van der Waals surface area contributed by atoms with Gasteiger partial charge in [-0.2, -0.15) is 0 Å². The molecule has 5 heteroatoms. The van der Waals surface area contributed by atoms with Crippen molar-refractivity contribution in [1.29, 1.82) is 0 Å². The molecule has 3 heterocycles. The molecule has 3 rings (SSSR count). The van der Waals surface area contributed by atoms with Crippen LogP contribution in [0.2, 0.25) is 0 Å². The van der Waals surface area contributed by atoms with E-state index in [9.17, 15) is 0 Å². The molecule has 0 spiro atoms. The van der Waals surface area contributed by atoms with E-state index in [0.717, 1.165) is 51.5 Å². The average Bonchev–Trinajstić information content (AvgIpc) is 2.55. The molecule has 0 N–H and O–H groups in total. The third-order valence-corrected chi connectivity index (χ3v) is 4.80. The second kappa shape index (κ2) is 7.08. The molecule has 1 atom stereocenters. The molecule has 0 bridgehead atoms. The molecule has 2 aliphatic heterocycles. The van der Waals surface area contributed by atoms with Crippen molar-refractivity contribution in [1.82, 2.24) is 14.9 Å². The van der Waals surface area contributed by atoms with E-state index in [1.807, 2.05) is 6.07 Å². The zero-order chi connectivity index (χ0) is 17.0. The lowest BCUT2D eigenvalue weighted by Crippen LogP contribution is -2.47. The molecule has 0 aliphatic carbocycles. The summed E-state index contributed by atoms with van der Waals surface area (Å²) in [5.41, 5.74) is -0.343. The Labute approximate surface area is 145 Å². The smallest absolute Gasteiger partial charge is 0.225 e. The number of ether oxygens (including phenoxy) is 1. The maximum Gasteiger partial charge on any atom is 0.225 e. The zero-order valence-corrected chi connectivity index (χ0v) is 15.1. The molecule has 2 aliphatic rings. The number of aromatic nitrogens is 2. The highest BCUT2D eigenvalue weighted by atomic mass is 16.5. The van der Waals surface area contributed by atoms with Crippen molar-refractivity contribution in [2.45, 2.75) is 51.2 Å². The van der Waals surface area contributed by atoms with Gasteiger partial charge in [0.2, 0.25) is 5.95 Å². The number of piperazine rings is 1. The van der Waals surface area contributed by atoms with Crippen molar-refractivity contribution in [2.24, 2.45) is 0 Å². The van der Waals surface area contributed by atoms with Crippen molar-refractivity contribution in [3.63, 3.8) is 0 Å². The van der Waals surface area contributed by atoms with Gasteiger partial charge in [-0.3, -0.25) is 4.90 Å². The second-order valence-corrected chi connectivity index (χ2v) is 7.56. The standard InChI is InChI=1S/C19H28N4O/c1-18(2)7-4-8-19(3,24-18)9-5-12-22-13-15-23(16-14-22)17-20-10-6-11-21-17/h6,10-11H,4,7-8,12-16H2,1-3H3/t19-/m0/s1. The lowest BCUT2D eigenvalue weighted by atomic mass is 9.88. The highest BCUT2D eigenvalue weighted by Crippen LogP contribution is 2.34. The van der Waals surface area contributed by atoms with Gasteiger partial charge in [0, 0.05) is 38.6 Å². The van der Waals surface area contributed by atoms with E-state index in [2.05, 4.69) is 52.4 Å². The first-order chi connectivity index (χ1) is 11.5. The zero-order valence-electron chi connectivity index (χ0n) is 15.1. The fraction of sp³-hybridized carbons (Fsp3) is 0.684.